The van der Waals surface area contributed by atoms with Gasteiger partial charge in [0, 0.05) is 12.6 Å². The van der Waals surface area contributed by atoms with Gasteiger partial charge in [-0.05, 0) is 25.2 Å². The molecule has 2 unspecified atom stereocenters. The Labute approximate surface area is 49.6 Å². The summed E-state index contributed by atoms with van der Waals surface area (Å²) < 4.78 is 0. The number of hydrogen-bond donors (Lipinski definition) is 2. The predicted octanol–water partition coefficient (Wildman–Crippen LogP) is 0.263. The fourth-order valence-corrected chi connectivity index (χ4v) is 1.74. The second-order valence-corrected chi connectivity index (χ2v) is 2.90. The summed E-state index contributed by atoms with van der Waals surface area (Å²) in [6.07, 6.45) is 4.23. The van der Waals surface area contributed by atoms with Gasteiger partial charge < -0.3 is 0 Å². The minimum absolute atomic E-state index is 0.800. The Morgan fingerprint density at radius 1 is 1.25 bits per heavy atom. The SMILES string of the molecule is C1CC2CC1CNN2. The van der Waals surface area contributed by atoms with Crippen molar-refractivity contribution in [2.75, 3.05) is 6.54 Å². The van der Waals surface area contributed by atoms with Crippen LogP contribution in [0.2, 0.25) is 0 Å². The maximum absolute atomic E-state index is 3.26. The van der Waals surface area contributed by atoms with E-state index in [0.29, 0.717) is 0 Å². The summed E-state index contributed by atoms with van der Waals surface area (Å²) in [6.45, 7) is 1.19. The van der Waals surface area contributed by atoms with Crippen molar-refractivity contribution in [1.82, 2.24) is 10.9 Å². The van der Waals surface area contributed by atoms with Gasteiger partial charge in [-0.2, -0.15) is 0 Å². The number of rotatable bonds is 0. The maximum Gasteiger partial charge on any atom is 0.0216 e. The second-order valence-electron chi connectivity index (χ2n) is 2.90. The molecule has 1 saturated heterocycles. The van der Waals surface area contributed by atoms with E-state index in [-0.39, 0.29) is 0 Å². The summed E-state index contributed by atoms with van der Waals surface area (Å²) in [5.74, 6) is 0.987. The molecule has 0 aromatic rings. The molecule has 1 heterocycles. The molecular weight excluding hydrogens is 100 g/mol. The number of hydrogen-bond acceptors (Lipinski definition) is 2. The molecule has 1 saturated carbocycles. The topological polar surface area (TPSA) is 24.1 Å². The Hall–Kier alpha value is -0.0800. The third kappa shape index (κ3) is 0.644. The first kappa shape index (κ1) is 4.77. The van der Waals surface area contributed by atoms with E-state index in [1.165, 1.54) is 25.8 Å². The molecule has 2 aliphatic rings. The minimum Gasteiger partial charge on any atom is -0.257 e. The molecule has 2 rings (SSSR count). The van der Waals surface area contributed by atoms with E-state index in [9.17, 15) is 0 Å². The lowest BCUT2D eigenvalue weighted by molar-refractivity contribution is 0.339. The summed E-state index contributed by atoms with van der Waals surface area (Å²) in [7, 11) is 0. The van der Waals surface area contributed by atoms with Crippen LogP contribution in [0.3, 0.4) is 0 Å². The Morgan fingerprint density at radius 3 is 3.00 bits per heavy atom. The molecule has 0 radical (unpaired) electrons. The van der Waals surface area contributed by atoms with Gasteiger partial charge in [0.1, 0.15) is 0 Å². The molecule has 46 valence electrons. The van der Waals surface area contributed by atoms with Crippen LogP contribution in [0.5, 0.6) is 0 Å². The Morgan fingerprint density at radius 2 is 2.25 bits per heavy atom. The van der Waals surface area contributed by atoms with Crippen LogP contribution in [0, 0.1) is 5.92 Å². The van der Waals surface area contributed by atoms with Gasteiger partial charge in [-0.1, -0.05) is 0 Å². The average molecular weight is 112 g/mol. The average Bonchev–Trinajstić information content (AvgIpc) is 2.12. The van der Waals surface area contributed by atoms with E-state index in [1.54, 1.807) is 0 Å². The molecule has 8 heavy (non-hydrogen) atoms. The summed E-state index contributed by atoms with van der Waals surface area (Å²) >= 11 is 0. The smallest absolute Gasteiger partial charge is 0.0216 e. The summed E-state index contributed by atoms with van der Waals surface area (Å²) in [5.41, 5.74) is 6.46. The van der Waals surface area contributed by atoms with Crippen LogP contribution in [-0.2, 0) is 0 Å². The zero-order valence-electron chi connectivity index (χ0n) is 4.98. The summed E-state index contributed by atoms with van der Waals surface area (Å²) in [6, 6.07) is 0.800. The highest BCUT2D eigenvalue weighted by molar-refractivity contribution is 4.84. The van der Waals surface area contributed by atoms with Crippen LogP contribution >= 0.6 is 0 Å². The standard InChI is InChI=1S/C6H12N2/c1-2-6-3-5(1)4-7-8-6/h5-8H,1-4H2. The molecule has 2 N–H and O–H groups in total. The molecule has 2 bridgehead atoms. The molecule has 2 nitrogen and oxygen atoms in total. The lowest BCUT2D eigenvalue weighted by Gasteiger charge is -2.20. The van der Waals surface area contributed by atoms with Crippen LogP contribution in [0.1, 0.15) is 19.3 Å². The van der Waals surface area contributed by atoms with Gasteiger partial charge in [0.25, 0.3) is 0 Å². The molecule has 2 atom stereocenters. The van der Waals surface area contributed by atoms with E-state index < -0.39 is 0 Å². The molecule has 0 aromatic heterocycles. The van der Waals surface area contributed by atoms with E-state index in [0.717, 1.165) is 12.0 Å². The fraction of sp³-hybridized carbons (Fsp3) is 1.00. The van der Waals surface area contributed by atoms with Crippen LogP contribution in [-0.4, -0.2) is 12.6 Å². The van der Waals surface area contributed by atoms with Gasteiger partial charge in [0.2, 0.25) is 0 Å². The van der Waals surface area contributed by atoms with E-state index in [2.05, 4.69) is 10.9 Å². The van der Waals surface area contributed by atoms with E-state index in [4.69, 9.17) is 0 Å². The first-order valence-corrected chi connectivity index (χ1v) is 3.43. The zero-order chi connectivity index (χ0) is 5.40. The first-order chi connectivity index (χ1) is 3.95. The molecule has 0 amide bonds. The van der Waals surface area contributed by atoms with Crippen molar-refractivity contribution in [3.8, 4) is 0 Å². The van der Waals surface area contributed by atoms with Crippen molar-refractivity contribution >= 4 is 0 Å². The van der Waals surface area contributed by atoms with Gasteiger partial charge in [-0.25, -0.2) is 0 Å². The normalized spacial score (nSPS) is 45.0. The van der Waals surface area contributed by atoms with E-state index in [1.807, 2.05) is 0 Å². The van der Waals surface area contributed by atoms with Crippen molar-refractivity contribution in [3.05, 3.63) is 0 Å². The van der Waals surface area contributed by atoms with Crippen molar-refractivity contribution in [2.45, 2.75) is 25.3 Å². The van der Waals surface area contributed by atoms with Crippen LogP contribution in [0.15, 0.2) is 0 Å². The van der Waals surface area contributed by atoms with Crippen LogP contribution in [0.25, 0.3) is 0 Å². The highest BCUT2D eigenvalue weighted by Crippen LogP contribution is 2.26. The fourth-order valence-electron chi connectivity index (χ4n) is 1.74. The van der Waals surface area contributed by atoms with Crippen molar-refractivity contribution < 1.29 is 0 Å². The molecule has 0 spiro atoms. The summed E-state index contributed by atoms with van der Waals surface area (Å²) in [4.78, 5) is 0. The van der Waals surface area contributed by atoms with Gasteiger partial charge in [0.05, 0.1) is 0 Å². The Bertz CT molecular complexity index is 78.5. The highest BCUT2D eigenvalue weighted by Gasteiger charge is 2.27. The monoisotopic (exact) mass is 112 g/mol. The molecular formula is C6H12N2. The zero-order valence-corrected chi connectivity index (χ0v) is 4.98. The van der Waals surface area contributed by atoms with Gasteiger partial charge >= 0.3 is 0 Å². The van der Waals surface area contributed by atoms with E-state index >= 15 is 0 Å². The lowest BCUT2D eigenvalue weighted by atomic mass is 10.1. The Balaban J connectivity index is 2.03. The van der Waals surface area contributed by atoms with Crippen LogP contribution < -0.4 is 10.9 Å². The Kier molecular flexibility index (Phi) is 1.02. The maximum atomic E-state index is 3.26. The van der Waals surface area contributed by atoms with Crippen molar-refractivity contribution in [2.24, 2.45) is 5.92 Å². The number of hydrazine groups is 1. The van der Waals surface area contributed by atoms with Gasteiger partial charge in [-0.3, -0.25) is 10.9 Å². The van der Waals surface area contributed by atoms with Crippen molar-refractivity contribution in [1.29, 1.82) is 0 Å². The minimum atomic E-state index is 0.800. The molecule has 2 heteroatoms. The van der Waals surface area contributed by atoms with Crippen molar-refractivity contribution in [3.63, 3.8) is 0 Å². The number of nitrogens with one attached hydrogen (secondary N) is 2. The third-order valence-corrected chi connectivity index (χ3v) is 2.24. The highest BCUT2D eigenvalue weighted by atomic mass is 15.4. The number of fused-ring (bicyclic) bond motifs is 2. The first-order valence-electron chi connectivity index (χ1n) is 3.43. The van der Waals surface area contributed by atoms with Gasteiger partial charge in [0.15, 0.2) is 0 Å². The molecule has 2 fully saturated rings. The third-order valence-electron chi connectivity index (χ3n) is 2.24. The largest absolute Gasteiger partial charge is 0.257 e. The molecule has 1 aliphatic carbocycles. The quantitative estimate of drug-likeness (QED) is 0.470. The lowest BCUT2D eigenvalue weighted by Crippen LogP contribution is -2.45. The van der Waals surface area contributed by atoms with Gasteiger partial charge in [-0.15, -0.1) is 0 Å². The van der Waals surface area contributed by atoms with Crippen LogP contribution in [0.4, 0.5) is 0 Å². The summed E-state index contributed by atoms with van der Waals surface area (Å²) in [5, 5.41) is 0. The molecule has 0 aromatic carbocycles. The molecule has 1 aliphatic heterocycles. The second kappa shape index (κ2) is 1.71. The predicted molar refractivity (Wildman–Crippen MR) is 32.3 cm³/mol.